The Morgan fingerprint density at radius 3 is 2.82 bits per heavy atom. The zero-order valence-corrected chi connectivity index (χ0v) is 10.1. The summed E-state index contributed by atoms with van der Waals surface area (Å²) in [7, 11) is 0. The van der Waals surface area contributed by atoms with E-state index in [2.05, 4.69) is 12.2 Å². The molecule has 1 saturated carbocycles. The third-order valence-corrected chi connectivity index (χ3v) is 3.26. The van der Waals surface area contributed by atoms with Crippen LogP contribution >= 0.6 is 0 Å². The van der Waals surface area contributed by atoms with Crippen molar-refractivity contribution in [3.05, 3.63) is 35.6 Å². The molecule has 92 valence electrons. The van der Waals surface area contributed by atoms with E-state index in [-0.39, 0.29) is 17.3 Å². The van der Waals surface area contributed by atoms with Crippen LogP contribution in [0.25, 0.3) is 0 Å². The maximum atomic E-state index is 13.2. The lowest BCUT2D eigenvalue weighted by Gasteiger charge is -2.18. The highest BCUT2D eigenvalue weighted by atomic mass is 19.1. The largest absolute Gasteiger partial charge is 0.347 e. The van der Waals surface area contributed by atoms with Crippen LogP contribution in [0, 0.1) is 5.82 Å². The summed E-state index contributed by atoms with van der Waals surface area (Å²) >= 11 is 0. The lowest BCUT2D eigenvalue weighted by Crippen LogP contribution is -2.34. The Labute approximate surface area is 101 Å². The number of hydrogen-bond donors (Lipinski definition) is 1. The molecule has 0 aliphatic heterocycles. The number of hydrogen-bond acceptors (Lipinski definition) is 1. The molecule has 0 bridgehead atoms. The van der Waals surface area contributed by atoms with Crippen LogP contribution in [-0.2, 0) is 10.3 Å². The number of unbranched alkanes of at least 4 members (excludes halogenated alkanes) is 1. The van der Waals surface area contributed by atoms with Gasteiger partial charge in [0.1, 0.15) is 5.82 Å². The van der Waals surface area contributed by atoms with E-state index in [1.165, 1.54) is 12.1 Å². The molecule has 1 aromatic rings. The Morgan fingerprint density at radius 2 is 2.24 bits per heavy atom. The van der Waals surface area contributed by atoms with Crippen LogP contribution in [0.2, 0.25) is 0 Å². The maximum Gasteiger partial charge on any atom is 0.220 e. The maximum absolute atomic E-state index is 13.2. The van der Waals surface area contributed by atoms with Crippen molar-refractivity contribution in [3.8, 4) is 0 Å². The fourth-order valence-corrected chi connectivity index (χ4v) is 2.06. The van der Waals surface area contributed by atoms with E-state index >= 15 is 0 Å². The summed E-state index contributed by atoms with van der Waals surface area (Å²) in [4.78, 5) is 11.7. The molecule has 0 aromatic heterocycles. The van der Waals surface area contributed by atoms with E-state index in [0.717, 1.165) is 31.2 Å². The highest BCUT2D eigenvalue weighted by Crippen LogP contribution is 2.45. The number of nitrogens with one attached hydrogen (secondary N) is 1. The zero-order chi connectivity index (χ0) is 12.3. The molecule has 2 rings (SSSR count). The summed E-state index contributed by atoms with van der Waals surface area (Å²) in [6, 6.07) is 6.53. The van der Waals surface area contributed by atoms with E-state index in [1.807, 2.05) is 6.07 Å². The Bertz CT molecular complexity index is 412. The van der Waals surface area contributed by atoms with E-state index in [1.54, 1.807) is 6.07 Å². The van der Waals surface area contributed by atoms with E-state index in [9.17, 15) is 9.18 Å². The molecular formula is C14H18FNO. The quantitative estimate of drug-likeness (QED) is 0.834. The standard InChI is InChI=1S/C14H18FNO/c1-2-3-7-13(17)16-14(8-9-14)11-5-4-6-12(15)10-11/h4-6,10H,2-3,7-9H2,1H3,(H,16,17). The van der Waals surface area contributed by atoms with Crippen LogP contribution in [0.3, 0.4) is 0 Å². The van der Waals surface area contributed by atoms with Crippen molar-refractivity contribution in [2.75, 3.05) is 0 Å². The number of benzene rings is 1. The van der Waals surface area contributed by atoms with Gasteiger partial charge in [-0.3, -0.25) is 4.79 Å². The predicted molar refractivity (Wildman–Crippen MR) is 65.0 cm³/mol. The number of carbonyl (C=O) groups is 1. The van der Waals surface area contributed by atoms with Gasteiger partial charge in [-0.2, -0.15) is 0 Å². The summed E-state index contributed by atoms with van der Waals surface area (Å²) in [5.41, 5.74) is 0.606. The molecule has 1 aromatic carbocycles. The van der Waals surface area contributed by atoms with Crippen LogP contribution in [0.1, 0.15) is 44.6 Å². The van der Waals surface area contributed by atoms with Gasteiger partial charge in [-0.15, -0.1) is 0 Å². The minimum Gasteiger partial charge on any atom is -0.347 e. The molecule has 0 atom stereocenters. The van der Waals surface area contributed by atoms with Gasteiger partial charge < -0.3 is 5.32 Å². The first kappa shape index (κ1) is 12.1. The molecule has 1 aliphatic carbocycles. The second-order valence-corrected chi connectivity index (χ2v) is 4.74. The molecule has 0 radical (unpaired) electrons. The Kier molecular flexibility index (Phi) is 3.46. The molecule has 2 nitrogen and oxygen atoms in total. The molecule has 17 heavy (non-hydrogen) atoms. The smallest absolute Gasteiger partial charge is 0.220 e. The SMILES string of the molecule is CCCCC(=O)NC1(c2cccc(F)c2)CC1. The number of rotatable bonds is 5. The summed E-state index contributed by atoms with van der Waals surface area (Å²) in [6.07, 6.45) is 4.31. The molecule has 0 spiro atoms. The van der Waals surface area contributed by atoms with Crippen LogP contribution in [0.4, 0.5) is 4.39 Å². The van der Waals surface area contributed by atoms with Gasteiger partial charge in [0, 0.05) is 6.42 Å². The van der Waals surface area contributed by atoms with Crippen LogP contribution < -0.4 is 5.32 Å². The highest BCUT2D eigenvalue weighted by Gasteiger charge is 2.45. The number of halogens is 1. The number of carbonyl (C=O) groups excluding carboxylic acids is 1. The minimum absolute atomic E-state index is 0.0774. The van der Waals surface area contributed by atoms with Crippen LogP contribution in [0.5, 0.6) is 0 Å². The third-order valence-electron chi connectivity index (χ3n) is 3.26. The molecule has 0 heterocycles. The summed E-state index contributed by atoms with van der Waals surface area (Å²) in [5, 5.41) is 3.04. The fourth-order valence-electron chi connectivity index (χ4n) is 2.06. The predicted octanol–water partition coefficient (Wildman–Crippen LogP) is 3.12. The molecule has 1 amide bonds. The van der Waals surface area contributed by atoms with Crippen molar-refractivity contribution in [1.82, 2.24) is 5.32 Å². The van der Waals surface area contributed by atoms with Crippen molar-refractivity contribution in [2.24, 2.45) is 0 Å². The van der Waals surface area contributed by atoms with Crippen molar-refractivity contribution in [2.45, 2.75) is 44.6 Å². The highest BCUT2D eigenvalue weighted by molar-refractivity contribution is 5.77. The van der Waals surface area contributed by atoms with Crippen LogP contribution in [0.15, 0.2) is 24.3 Å². The van der Waals surface area contributed by atoms with Gasteiger partial charge in [0.05, 0.1) is 5.54 Å². The fraction of sp³-hybridized carbons (Fsp3) is 0.500. The van der Waals surface area contributed by atoms with Crippen LogP contribution in [-0.4, -0.2) is 5.91 Å². The molecule has 1 aliphatic rings. The van der Waals surface area contributed by atoms with E-state index < -0.39 is 0 Å². The van der Waals surface area contributed by atoms with Crippen molar-refractivity contribution in [1.29, 1.82) is 0 Å². The topological polar surface area (TPSA) is 29.1 Å². The Morgan fingerprint density at radius 1 is 1.47 bits per heavy atom. The molecular weight excluding hydrogens is 217 g/mol. The average Bonchev–Trinajstić information content (AvgIpc) is 3.07. The second-order valence-electron chi connectivity index (χ2n) is 4.74. The first-order valence-electron chi connectivity index (χ1n) is 6.23. The Balaban J connectivity index is 2.02. The normalized spacial score (nSPS) is 16.6. The van der Waals surface area contributed by atoms with Gasteiger partial charge in [-0.25, -0.2) is 4.39 Å². The first-order valence-corrected chi connectivity index (χ1v) is 6.23. The van der Waals surface area contributed by atoms with Crippen molar-refractivity contribution < 1.29 is 9.18 Å². The van der Waals surface area contributed by atoms with Gasteiger partial charge in [0.25, 0.3) is 0 Å². The van der Waals surface area contributed by atoms with Gasteiger partial charge in [-0.05, 0) is 37.0 Å². The number of amides is 1. The van der Waals surface area contributed by atoms with Gasteiger partial charge >= 0.3 is 0 Å². The third kappa shape index (κ3) is 2.84. The van der Waals surface area contributed by atoms with E-state index in [0.29, 0.717) is 6.42 Å². The van der Waals surface area contributed by atoms with Gasteiger partial charge in [-0.1, -0.05) is 25.5 Å². The van der Waals surface area contributed by atoms with E-state index in [4.69, 9.17) is 0 Å². The van der Waals surface area contributed by atoms with Crippen molar-refractivity contribution >= 4 is 5.91 Å². The molecule has 0 unspecified atom stereocenters. The second kappa shape index (κ2) is 4.86. The lowest BCUT2D eigenvalue weighted by atomic mass is 10.0. The first-order chi connectivity index (χ1) is 8.16. The average molecular weight is 235 g/mol. The zero-order valence-electron chi connectivity index (χ0n) is 10.1. The molecule has 0 saturated heterocycles. The lowest BCUT2D eigenvalue weighted by molar-refractivity contribution is -0.122. The van der Waals surface area contributed by atoms with Gasteiger partial charge in [0.2, 0.25) is 5.91 Å². The summed E-state index contributed by atoms with van der Waals surface area (Å²) in [6.45, 7) is 2.06. The molecule has 1 N–H and O–H groups in total. The Hall–Kier alpha value is -1.38. The van der Waals surface area contributed by atoms with Gasteiger partial charge in [0.15, 0.2) is 0 Å². The molecule has 1 fully saturated rings. The minimum atomic E-state index is -0.285. The summed E-state index contributed by atoms with van der Waals surface area (Å²) < 4.78 is 13.2. The monoisotopic (exact) mass is 235 g/mol. The molecule has 3 heteroatoms. The van der Waals surface area contributed by atoms with Crippen molar-refractivity contribution in [3.63, 3.8) is 0 Å². The summed E-state index contributed by atoms with van der Waals surface area (Å²) in [5.74, 6) is -0.162.